The fourth-order valence-corrected chi connectivity index (χ4v) is 5.51. The Hall–Kier alpha value is -1.47. The first kappa shape index (κ1) is 44.5. The van der Waals surface area contributed by atoms with Gasteiger partial charge in [0.1, 0.15) is 6.61 Å². The zero-order chi connectivity index (χ0) is 34.0. The number of carbonyl (C=O) groups is 2. The van der Waals surface area contributed by atoms with Gasteiger partial charge in [-0.1, -0.05) is 154 Å². The Morgan fingerprint density at radius 2 is 1.00 bits per heavy atom. The van der Waals surface area contributed by atoms with Crippen LogP contribution >= 0.6 is 7.82 Å². The molecule has 1 atom stereocenters. The summed E-state index contributed by atoms with van der Waals surface area (Å²) in [6, 6.07) is 0. The highest BCUT2D eigenvalue weighted by Gasteiger charge is 2.22. The minimum Gasteiger partial charge on any atom is -0.462 e. The summed E-state index contributed by atoms with van der Waals surface area (Å²) in [5, 5.41) is 0. The highest BCUT2D eigenvalue weighted by molar-refractivity contribution is 7.46. The molecule has 9 heteroatoms. The average molecular weight is 673 g/mol. The van der Waals surface area contributed by atoms with Crippen molar-refractivity contribution in [2.75, 3.05) is 13.2 Å². The van der Waals surface area contributed by atoms with Crippen LogP contribution in [0.25, 0.3) is 0 Å². The van der Waals surface area contributed by atoms with Gasteiger partial charge in [0.2, 0.25) is 0 Å². The normalized spacial score (nSPS) is 12.7. The number of phosphoric ester groups is 1. The van der Waals surface area contributed by atoms with E-state index in [9.17, 15) is 14.2 Å². The van der Waals surface area contributed by atoms with Crippen LogP contribution in [0.5, 0.6) is 0 Å². The van der Waals surface area contributed by atoms with E-state index in [1.54, 1.807) is 0 Å². The van der Waals surface area contributed by atoms with Gasteiger partial charge >= 0.3 is 19.8 Å². The van der Waals surface area contributed by atoms with Crippen molar-refractivity contribution in [3.63, 3.8) is 0 Å². The highest BCUT2D eigenvalue weighted by atomic mass is 31.2. The lowest BCUT2D eigenvalue weighted by atomic mass is 10.0. The fraction of sp³-hybridized carbons (Fsp3) is 0.838. The van der Waals surface area contributed by atoms with Crippen molar-refractivity contribution >= 4 is 19.8 Å². The molecule has 8 nitrogen and oxygen atoms in total. The smallest absolute Gasteiger partial charge is 0.462 e. The molecule has 0 saturated heterocycles. The molecule has 0 bridgehead atoms. The first-order valence-corrected chi connectivity index (χ1v) is 20.2. The molecule has 46 heavy (non-hydrogen) atoms. The van der Waals surface area contributed by atoms with Crippen LogP contribution in [0.1, 0.15) is 181 Å². The van der Waals surface area contributed by atoms with Gasteiger partial charge in [0.05, 0.1) is 6.61 Å². The van der Waals surface area contributed by atoms with Gasteiger partial charge in [0.25, 0.3) is 0 Å². The van der Waals surface area contributed by atoms with Crippen LogP contribution in [0.2, 0.25) is 0 Å². The molecule has 0 unspecified atom stereocenters. The van der Waals surface area contributed by atoms with E-state index in [0.717, 1.165) is 64.2 Å². The van der Waals surface area contributed by atoms with Gasteiger partial charge in [-0.3, -0.25) is 14.1 Å². The Balaban J connectivity index is 3.98. The van der Waals surface area contributed by atoms with Gasteiger partial charge in [0.15, 0.2) is 6.10 Å². The quantitative estimate of drug-likeness (QED) is 0.0300. The van der Waals surface area contributed by atoms with Crippen molar-refractivity contribution in [2.24, 2.45) is 0 Å². The van der Waals surface area contributed by atoms with Crippen LogP contribution in [0.3, 0.4) is 0 Å². The Bertz CT molecular complexity index is 807. The van der Waals surface area contributed by atoms with Crippen LogP contribution in [0.4, 0.5) is 0 Å². The third-order valence-electron chi connectivity index (χ3n) is 7.97. The number of phosphoric acid groups is 1. The van der Waals surface area contributed by atoms with Crippen molar-refractivity contribution in [3.05, 3.63) is 24.3 Å². The Labute approximate surface area is 281 Å². The molecule has 0 spiro atoms. The first-order chi connectivity index (χ1) is 22.3. The molecule has 0 amide bonds. The minimum atomic E-state index is -4.75. The molecule has 0 aromatic heterocycles. The standard InChI is InChI=1S/C37H69O8P/c1-3-5-7-9-11-13-15-17-19-21-23-25-27-29-31-36(38)43-33-35(34-44-46(40,41)42)45-37(39)32-30-28-26-24-22-20-18-16-14-12-10-8-6-4-2/h9,11,15,17,35H,3-8,10,12-14,16,18-34H2,1-2H3,(H2,40,41,42)/b11-9+,17-15+/t35-/m1/s1. The summed E-state index contributed by atoms with van der Waals surface area (Å²) in [7, 11) is -4.75. The third kappa shape index (κ3) is 35.4. The molecule has 0 aliphatic rings. The average Bonchev–Trinajstić information content (AvgIpc) is 3.02. The number of carbonyl (C=O) groups excluding carboxylic acids is 2. The van der Waals surface area contributed by atoms with E-state index in [1.165, 1.54) is 77.0 Å². The van der Waals surface area contributed by atoms with E-state index in [-0.39, 0.29) is 19.4 Å². The van der Waals surface area contributed by atoms with Crippen LogP contribution in [0.15, 0.2) is 24.3 Å². The van der Waals surface area contributed by atoms with E-state index in [4.69, 9.17) is 19.3 Å². The fourth-order valence-electron chi connectivity index (χ4n) is 5.15. The molecule has 0 rings (SSSR count). The second-order valence-corrected chi connectivity index (χ2v) is 13.8. The molecular formula is C37H69O8P. The molecule has 0 radical (unpaired) electrons. The van der Waals surface area contributed by atoms with Crippen molar-refractivity contribution in [2.45, 2.75) is 187 Å². The minimum absolute atomic E-state index is 0.213. The molecule has 270 valence electrons. The summed E-state index contributed by atoms with van der Waals surface area (Å²) in [6.07, 6.45) is 36.1. The summed E-state index contributed by atoms with van der Waals surface area (Å²) in [6.45, 7) is 3.63. The van der Waals surface area contributed by atoms with Crippen LogP contribution < -0.4 is 0 Å². The van der Waals surface area contributed by atoms with E-state index < -0.39 is 32.5 Å². The lowest BCUT2D eigenvalue weighted by molar-refractivity contribution is -0.161. The summed E-state index contributed by atoms with van der Waals surface area (Å²) in [5.74, 6) is -0.897. The topological polar surface area (TPSA) is 119 Å². The summed E-state index contributed by atoms with van der Waals surface area (Å²) in [4.78, 5) is 42.6. The van der Waals surface area contributed by atoms with Gasteiger partial charge in [-0.15, -0.1) is 0 Å². The number of rotatable bonds is 34. The third-order valence-corrected chi connectivity index (χ3v) is 8.46. The van der Waals surface area contributed by atoms with Gasteiger partial charge < -0.3 is 19.3 Å². The largest absolute Gasteiger partial charge is 0.469 e. The second-order valence-electron chi connectivity index (χ2n) is 12.6. The van der Waals surface area contributed by atoms with E-state index in [2.05, 4.69) is 42.7 Å². The number of ether oxygens (including phenoxy) is 2. The van der Waals surface area contributed by atoms with E-state index in [0.29, 0.717) is 12.8 Å². The lowest BCUT2D eigenvalue weighted by Crippen LogP contribution is -2.29. The molecule has 0 aromatic rings. The monoisotopic (exact) mass is 672 g/mol. The Morgan fingerprint density at radius 3 is 1.50 bits per heavy atom. The van der Waals surface area contributed by atoms with Gasteiger partial charge in [-0.2, -0.15) is 0 Å². The first-order valence-electron chi connectivity index (χ1n) is 18.6. The van der Waals surface area contributed by atoms with Crippen LogP contribution in [-0.4, -0.2) is 41.0 Å². The molecule has 0 aliphatic carbocycles. The van der Waals surface area contributed by atoms with Crippen LogP contribution in [0, 0.1) is 0 Å². The predicted molar refractivity (Wildman–Crippen MR) is 189 cm³/mol. The second kappa shape index (κ2) is 33.4. The number of allylic oxidation sites excluding steroid dienone is 4. The predicted octanol–water partition coefficient (Wildman–Crippen LogP) is 10.8. The molecular weight excluding hydrogens is 603 g/mol. The summed E-state index contributed by atoms with van der Waals surface area (Å²) >= 11 is 0. The molecule has 0 aliphatic heterocycles. The highest BCUT2D eigenvalue weighted by Crippen LogP contribution is 2.36. The maximum atomic E-state index is 12.3. The number of hydrogen-bond donors (Lipinski definition) is 2. The summed E-state index contributed by atoms with van der Waals surface area (Å²) < 4.78 is 26.3. The zero-order valence-corrected chi connectivity index (χ0v) is 30.4. The van der Waals surface area contributed by atoms with Gasteiger partial charge in [-0.05, 0) is 38.5 Å². The van der Waals surface area contributed by atoms with Crippen LogP contribution in [-0.2, 0) is 28.2 Å². The molecule has 2 N–H and O–H groups in total. The maximum Gasteiger partial charge on any atom is 0.469 e. The van der Waals surface area contributed by atoms with E-state index in [1.807, 2.05) is 0 Å². The van der Waals surface area contributed by atoms with Crippen molar-refractivity contribution in [3.8, 4) is 0 Å². The summed E-state index contributed by atoms with van der Waals surface area (Å²) in [5.41, 5.74) is 0. The molecule has 0 fully saturated rings. The molecule has 0 aromatic carbocycles. The van der Waals surface area contributed by atoms with Crippen molar-refractivity contribution in [1.82, 2.24) is 0 Å². The Morgan fingerprint density at radius 1 is 0.565 bits per heavy atom. The van der Waals surface area contributed by atoms with Crippen molar-refractivity contribution < 1.29 is 37.9 Å². The number of unbranched alkanes of at least 4 members (excludes halogenated alkanes) is 20. The number of hydrogen-bond acceptors (Lipinski definition) is 6. The molecule has 0 heterocycles. The SMILES string of the molecule is CCCC/C=C/C/C=C/CCCCCCCC(=O)OC[C@H](COP(=O)(O)O)OC(=O)CCCCCCCCCCCCCCCC. The van der Waals surface area contributed by atoms with Gasteiger partial charge in [0, 0.05) is 12.8 Å². The maximum absolute atomic E-state index is 12.3. The number of esters is 2. The van der Waals surface area contributed by atoms with Crippen molar-refractivity contribution in [1.29, 1.82) is 0 Å². The van der Waals surface area contributed by atoms with E-state index >= 15 is 0 Å². The zero-order valence-electron chi connectivity index (χ0n) is 29.5. The lowest BCUT2D eigenvalue weighted by Gasteiger charge is -2.18. The Kier molecular flexibility index (Phi) is 32.4. The molecule has 0 saturated carbocycles. The van der Waals surface area contributed by atoms with Gasteiger partial charge in [-0.25, -0.2) is 4.57 Å².